The zero-order chi connectivity index (χ0) is 21.1. The van der Waals surface area contributed by atoms with E-state index >= 15 is 0 Å². The van der Waals surface area contributed by atoms with Crippen LogP contribution in [0.15, 0.2) is 22.7 Å². The number of amides is 1. The fraction of sp³-hybridized carbons (Fsp3) is 0.714. The smallest absolute Gasteiger partial charge is 0.273 e. The van der Waals surface area contributed by atoms with E-state index in [1.54, 1.807) is 6.07 Å². The Hall–Kier alpha value is -1.71. The van der Waals surface area contributed by atoms with Crippen molar-refractivity contribution in [1.29, 1.82) is 0 Å². The van der Waals surface area contributed by atoms with Gasteiger partial charge in [-0.15, -0.1) is 0 Å². The number of nitrogens with zero attached hydrogens (tertiary/aromatic N) is 2. The van der Waals surface area contributed by atoms with Gasteiger partial charge in [0.25, 0.3) is 5.91 Å². The highest BCUT2D eigenvalue weighted by Gasteiger charge is 2.31. The predicted octanol–water partition coefficient (Wildman–Crippen LogP) is 2.16. The lowest BCUT2D eigenvalue weighted by Crippen LogP contribution is -2.47. The maximum absolute atomic E-state index is 12.8. The molecule has 4 rings (SSSR count). The van der Waals surface area contributed by atoms with Crippen LogP contribution < -0.4 is 10.0 Å². The highest BCUT2D eigenvalue weighted by atomic mass is 32.2. The Bertz CT molecular complexity index is 877. The standard InChI is InChI=1S/C21H32N4O4S/c1-25-11-5-4-8-18(25)14-30(27,28)24-17-7-3-2-6-16(12-17)22-21(26)19-13-20(29-23-19)15-9-10-15/h2-3,13,15-18,24H,4-12,14H2,1H3,(H,22,26)/t16-,17-,18-/m0/s1. The minimum absolute atomic E-state index is 0.0703. The highest BCUT2D eigenvalue weighted by Crippen LogP contribution is 2.40. The van der Waals surface area contributed by atoms with Crippen molar-refractivity contribution in [1.82, 2.24) is 20.1 Å². The fourth-order valence-electron chi connectivity index (χ4n) is 4.40. The number of carbonyl (C=O) groups excluding carboxylic acids is 1. The first-order valence-corrected chi connectivity index (χ1v) is 12.7. The van der Waals surface area contributed by atoms with Gasteiger partial charge in [-0.05, 0) is 58.5 Å². The Morgan fingerprint density at radius 3 is 2.70 bits per heavy atom. The average molecular weight is 437 g/mol. The van der Waals surface area contributed by atoms with Gasteiger partial charge in [0, 0.05) is 30.1 Å². The fourth-order valence-corrected chi connectivity index (χ4v) is 6.12. The lowest BCUT2D eigenvalue weighted by molar-refractivity contribution is 0.0925. The minimum atomic E-state index is -3.40. The second-order valence-corrected chi connectivity index (χ2v) is 10.8. The van der Waals surface area contributed by atoms with Gasteiger partial charge in [-0.3, -0.25) is 4.79 Å². The lowest BCUT2D eigenvalue weighted by atomic mass is 10.1. The second kappa shape index (κ2) is 9.20. The van der Waals surface area contributed by atoms with Crippen molar-refractivity contribution in [3.8, 4) is 0 Å². The SMILES string of the molecule is CN1CCCC[C@H]1CS(=O)(=O)N[C@H]1CC=CC[C@H](NC(=O)c2cc(C3CC3)on2)C1. The molecule has 1 saturated carbocycles. The molecule has 0 aromatic carbocycles. The summed E-state index contributed by atoms with van der Waals surface area (Å²) >= 11 is 0. The first kappa shape index (κ1) is 21.5. The summed E-state index contributed by atoms with van der Waals surface area (Å²) < 4.78 is 33.7. The van der Waals surface area contributed by atoms with Gasteiger partial charge >= 0.3 is 0 Å². The molecule has 9 heteroatoms. The van der Waals surface area contributed by atoms with Crippen molar-refractivity contribution in [3.05, 3.63) is 29.7 Å². The molecule has 2 fully saturated rings. The molecule has 0 bridgehead atoms. The van der Waals surface area contributed by atoms with Gasteiger partial charge in [-0.2, -0.15) is 0 Å². The minimum Gasteiger partial charge on any atom is -0.360 e. The molecule has 2 heterocycles. The number of hydrogen-bond donors (Lipinski definition) is 2. The number of rotatable bonds is 7. The van der Waals surface area contributed by atoms with Crippen molar-refractivity contribution in [3.63, 3.8) is 0 Å². The molecule has 1 aromatic rings. The van der Waals surface area contributed by atoms with E-state index in [-0.39, 0.29) is 29.8 Å². The van der Waals surface area contributed by atoms with E-state index < -0.39 is 10.0 Å². The molecule has 166 valence electrons. The summed E-state index contributed by atoms with van der Waals surface area (Å²) in [7, 11) is -1.40. The zero-order valence-corrected chi connectivity index (χ0v) is 18.4. The number of sulfonamides is 1. The molecule has 3 atom stereocenters. The third-order valence-electron chi connectivity index (χ3n) is 6.33. The summed E-state index contributed by atoms with van der Waals surface area (Å²) in [5.74, 6) is 1.04. The molecule has 0 unspecified atom stereocenters. The van der Waals surface area contributed by atoms with Crippen LogP contribution in [0.25, 0.3) is 0 Å². The van der Waals surface area contributed by atoms with E-state index in [9.17, 15) is 13.2 Å². The quantitative estimate of drug-likeness (QED) is 0.635. The number of hydrogen-bond acceptors (Lipinski definition) is 6. The Labute approximate surface area is 178 Å². The summed E-state index contributed by atoms with van der Waals surface area (Å²) in [6.45, 7) is 0.949. The van der Waals surface area contributed by atoms with Gasteiger partial charge in [-0.25, -0.2) is 13.1 Å². The molecule has 1 amide bonds. The number of aromatic nitrogens is 1. The van der Waals surface area contributed by atoms with Crippen molar-refractivity contribution in [2.75, 3.05) is 19.3 Å². The van der Waals surface area contributed by atoms with Gasteiger partial charge < -0.3 is 14.7 Å². The maximum Gasteiger partial charge on any atom is 0.273 e. The normalized spacial score (nSPS) is 28.2. The molecule has 0 spiro atoms. The zero-order valence-electron chi connectivity index (χ0n) is 17.5. The molecule has 1 aliphatic heterocycles. The molecular formula is C21H32N4O4S. The summed E-state index contributed by atoms with van der Waals surface area (Å²) in [6, 6.07) is 1.41. The third kappa shape index (κ3) is 5.70. The topological polar surface area (TPSA) is 105 Å². The molecule has 1 saturated heterocycles. The van der Waals surface area contributed by atoms with Gasteiger partial charge in [0.1, 0.15) is 5.76 Å². The number of carbonyl (C=O) groups is 1. The Kier molecular flexibility index (Phi) is 6.60. The molecular weight excluding hydrogens is 404 g/mol. The van der Waals surface area contributed by atoms with E-state index in [0.717, 1.165) is 44.4 Å². The first-order valence-electron chi connectivity index (χ1n) is 11.0. The lowest BCUT2D eigenvalue weighted by Gasteiger charge is -2.32. The molecule has 2 N–H and O–H groups in total. The Morgan fingerprint density at radius 1 is 1.20 bits per heavy atom. The third-order valence-corrected chi connectivity index (χ3v) is 7.85. The van der Waals surface area contributed by atoms with Crippen LogP contribution >= 0.6 is 0 Å². The molecule has 2 aliphatic carbocycles. The van der Waals surface area contributed by atoms with Crippen LogP contribution in [0.3, 0.4) is 0 Å². The van der Waals surface area contributed by atoms with Crippen molar-refractivity contribution < 1.29 is 17.7 Å². The maximum atomic E-state index is 12.8. The molecule has 30 heavy (non-hydrogen) atoms. The molecule has 1 aromatic heterocycles. The van der Waals surface area contributed by atoms with E-state index in [1.165, 1.54) is 0 Å². The monoisotopic (exact) mass is 436 g/mol. The van der Waals surface area contributed by atoms with Crippen LogP contribution in [0.4, 0.5) is 0 Å². The van der Waals surface area contributed by atoms with Crippen LogP contribution in [0.1, 0.15) is 73.5 Å². The molecule has 3 aliphatic rings. The van der Waals surface area contributed by atoms with Crippen molar-refractivity contribution in [2.24, 2.45) is 0 Å². The summed E-state index contributed by atoms with van der Waals surface area (Å²) in [5.41, 5.74) is 0.294. The number of piperidine rings is 1. The van der Waals surface area contributed by atoms with Gasteiger partial charge in [0.15, 0.2) is 5.69 Å². The van der Waals surface area contributed by atoms with Crippen LogP contribution in [-0.4, -0.2) is 61.9 Å². The van der Waals surface area contributed by atoms with E-state index in [1.807, 2.05) is 19.2 Å². The largest absolute Gasteiger partial charge is 0.360 e. The average Bonchev–Trinajstić information content (AvgIpc) is 3.46. The number of likely N-dealkylation sites (tertiary alicyclic amines) is 1. The van der Waals surface area contributed by atoms with Crippen LogP contribution in [0, 0.1) is 0 Å². The highest BCUT2D eigenvalue weighted by molar-refractivity contribution is 7.89. The molecule has 0 radical (unpaired) electrons. The van der Waals surface area contributed by atoms with E-state index in [2.05, 4.69) is 20.1 Å². The first-order chi connectivity index (χ1) is 14.4. The number of nitrogens with one attached hydrogen (secondary N) is 2. The second-order valence-electron chi connectivity index (χ2n) is 8.96. The van der Waals surface area contributed by atoms with E-state index in [4.69, 9.17) is 4.52 Å². The Morgan fingerprint density at radius 2 is 1.97 bits per heavy atom. The molecule has 8 nitrogen and oxygen atoms in total. The van der Waals surface area contributed by atoms with E-state index in [0.29, 0.717) is 30.9 Å². The van der Waals surface area contributed by atoms with Gasteiger partial charge in [0.2, 0.25) is 10.0 Å². The van der Waals surface area contributed by atoms with Gasteiger partial charge in [-0.1, -0.05) is 23.7 Å². The Balaban J connectivity index is 1.32. The van der Waals surface area contributed by atoms with Gasteiger partial charge in [0.05, 0.1) is 5.75 Å². The van der Waals surface area contributed by atoms with Crippen LogP contribution in [0.2, 0.25) is 0 Å². The predicted molar refractivity (Wildman–Crippen MR) is 114 cm³/mol. The summed E-state index contributed by atoms with van der Waals surface area (Å²) in [6.07, 6.45) is 11.1. The van der Waals surface area contributed by atoms with Crippen LogP contribution in [-0.2, 0) is 10.0 Å². The van der Waals surface area contributed by atoms with Crippen molar-refractivity contribution >= 4 is 15.9 Å². The van der Waals surface area contributed by atoms with Crippen molar-refractivity contribution in [2.45, 2.75) is 75.4 Å². The van der Waals surface area contributed by atoms with Crippen LogP contribution in [0.5, 0.6) is 0 Å². The summed E-state index contributed by atoms with van der Waals surface area (Å²) in [5, 5.41) is 6.89. The summed E-state index contributed by atoms with van der Waals surface area (Å²) in [4.78, 5) is 14.7.